The van der Waals surface area contributed by atoms with E-state index in [1.54, 1.807) is 38.2 Å². The predicted octanol–water partition coefficient (Wildman–Crippen LogP) is 2.00. The van der Waals surface area contributed by atoms with Gasteiger partial charge in [-0.05, 0) is 38.0 Å². The molecule has 0 radical (unpaired) electrons. The molecule has 5 heteroatoms. The molecule has 0 aliphatic rings. The van der Waals surface area contributed by atoms with Crippen LogP contribution in [0.5, 0.6) is 0 Å². The number of amides is 1. The van der Waals surface area contributed by atoms with Crippen LogP contribution in [0.15, 0.2) is 29.0 Å². The first-order valence-corrected chi connectivity index (χ1v) is 6.17. The highest BCUT2D eigenvalue weighted by Crippen LogP contribution is 2.14. The predicted molar refractivity (Wildman–Crippen MR) is 70.9 cm³/mol. The maximum Gasteiger partial charge on any atom is 0.259 e. The van der Waals surface area contributed by atoms with Crippen LogP contribution in [0.25, 0.3) is 0 Å². The van der Waals surface area contributed by atoms with Gasteiger partial charge in [0.1, 0.15) is 11.3 Å². The third-order valence-corrected chi connectivity index (χ3v) is 3.08. The van der Waals surface area contributed by atoms with Crippen LogP contribution >= 0.6 is 0 Å². The Morgan fingerprint density at radius 3 is 2.58 bits per heavy atom. The van der Waals surface area contributed by atoms with Crippen molar-refractivity contribution in [3.05, 3.63) is 47.1 Å². The molecule has 2 heterocycles. The quantitative estimate of drug-likeness (QED) is 0.842. The second kappa shape index (κ2) is 5.65. The fraction of sp³-hybridized carbons (Fsp3) is 0.357. The van der Waals surface area contributed by atoms with Crippen LogP contribution in [0.2, 0.25) is 0 Å². The summed E-state index contributed by atoms with van der Waals surface area (Å²) in [5, 5.41) is 3.81. The third-order valence-electron chi connectivity index (χ3n) is 3.08. The molecule has 0 aliphatic carbocycles. The number of carbonyl (C=O) groups is 1. The summed E-state index contributed by atoms with van der Waals surface area (Å²) in [6, 6.07) is 3.91. The topological polar surface area (TPSA) is 59.2 Å². The molecule has 0 saturated heterocycles. The Bertz CT molecular complexity index is 544. The fourth-order valence-electron chi connectivity index (χ4n) is 1.93. The van der Waals surface area contributed by atoms with Crippen molar-refractivity contribution in [3.8, 4) is 0 Å². The van der Waals surface area contributed by atoms with Crippen LogP contribution in [0.1, 0.15) is 27.4 Å². The van der Waals surface area contributed by atoms with Crippen molar-refractivity contribution in [1.29, 1.82) is 0 Å². The van der Waals surface area contributed by atoms with Gasteiger partial charge in [-0.3, -0.25) is 9.78 Å². The summed E-state index contributed by atoms with van der Waals surface area (Å²) in [6.45, 7) is 4.18. The maximum absolute atomic E-state index is 12.3. The van der Waals surface area contributed by atoms with Gasteiger partial charge in [-0.2, -0.15) is 0 Å². The lowest BCUT2D eigenvalue weighted by Gasteiger charge is -2.16. The Morgan fingerprint density at radius 2 is 2.00 bits per heavy atom. The minimum Gasteiger partial charge on any atom is -0.361 e. The minimum absolute atomic E-state index is 0.0506. The van der Waals surface area contributed by atoms with E-state index in [9.17, 15) is 4.79 Å². The molecule has 0 aromatic carbocycles. The van der Waals surface area contributed by atoms with Crippen LogP contribution in [0.4, 0.5) is 0 Å². The molecule has 2 aromatic rings. The van der Waals surface area contributed by atoms with Gasteiger partial charge in [0.25, 0.3) is 5.91 Å². The standard InChI is InChI=1S/C14H17N3O2/c1-10-13(11(2)19-16-10)14(18)17(3)9-6-12-4-7-15-8-5-12/h4-5,7-8H,6,9H2,1-3H3. The Morgan fingerprint density at radius 1 is 1.32 bits per heavy atom. The number of nitrogens with zero attached hydrogens (tertiary/aromatic N) is 3. The molecule has 0 unspecified atom stereocenters. The summed E-state index contributed by atoms with van der Waals surface area (Å²) < 4.78 is 5.02. The van der Waals surface area contributed by atoms with Gasteiger partial charge >= 0.3 is 0 Å². The lowest BCUT2D eigenvalue weighted by Crippen LogP contribution is -2.29. The van der Waals surface area contributed by atoms with E-state index in [-0.39, 0.29) is 5.91 Å². The van der Waals surface area contributed by atoms with Crippen molar-refractivity contribution in [2.75, 3.05) is 13.6 Å². The normalized spacial score (nSPS) is 10.5. The highest BCUT2D eigenvalue weighted by Gasteiger charge is 2.20. The molecule has 2 aromatic heterocycles. The summed E-state index contributed by atoms with van der Waals surface area (Å²) in [5.41, 5.74) is 2.36. The fourth-order valence-corrected chi connectivity index (χ4v) is 1.93. The average molecular weight is 259 g/mol. The van der Waals surface area contributed by atoms with Crippen LogP contribution in [0, 0.1) is 13.8 Å². The highest BCUT2D eigenvalue weighted by molar-refractivity contribution is 5.95. The zero-order chi connectivity index (χ0) is 13.8. The van der Waals surface area contributed by atoms with Crippen molar-refractivity contribution < 1.29 is 9.32 Å². The Hall–Kier alpha value is -2.17. The van der Waals surface area contributed by atoms with E-state index in [1.807, 2.05) is 12.1 Å². The molecular weight excluding hydrogens is 242 g/mol. The first-order valence-electron chi connectivity index (χ1n) is 6.17. The van der Waals surface area contributed by atoms with E-state index < -0.39 is 0 Å². The first-order chi connectivity index (χ1) is 9.09. The minimum atomic E-state index is -0.0506. The zero-order valence-electron chi connectivity index (χ0n) is 11.4. The maximum atomic E-state index is 12.3. The molecule has 2 rings (SSSR count). The number of aromatic nitrogens is 2. The van der Waals surface area contributed by atoms with Crippen molar-refractivity contribution in [2.45, 2.75) is 20.3 Å². The Kier molecular flexibility index (Phi) is 3.94. The molecule has 0 spiro atoms. The largest absolute Gasteiger partial charge is 0.361 e. The molecule has 0 aliphatic heterocycles. The molecule has 0 atom stereocenters. The number of aryl methyl sites for hydroxylation is 2. The number of likely N-dealkylation sites (N-methyl/N-ethyl adjacent to an activating group) is 1. The van der Waals surface area contributed by atoms with E-state index in [1.165, 1.54) is 0 Å². The van der Waals surface area contributed by atoms with Gasteiger partial charge in [0.05, 0.1) is 5.69 Å². The van der Waals surface area contributed by atoms with Crippen molar-refractivity contribution in [1.82, 2.24) is 15.0 Å². The van der Waals surface area contributed by atoms with Crippen molar-refractivity contribution >= 4 is 5.91 Å². The average Bonchev–Trinajstić information content (AvgIpc) is 2.76. The monoisotopic (exact) mass is 259 g/mol. The van der Waals surface area contributed by atoms with Gasteiger partial charge in [0.15, 0.2) is 0 Å². The SMILES string of the molecule is Cc1noc(C)c1C(=O)N(C)CCc1ccncc1. The summed E-state index contributed by atoms with van der Waals surface area (Å²) in [7, 11) is 1.79. The molecule has 0 N–H and O–H groups in total. The number of pyridine rings is 1. The second-order valence-electron chi connectivity index (χ2n) is 4.53. The van der Waals surface area contributed by atoms with E-state index >= 15 is 0 Å². The van der Waals surface area contributed by atoms with E-state index in [0.29, 0.717) is 23.6 Å². The van der Waals surface area contributed by atoms with Gasteiger partial charge in [0.2, 0.25) is 0 Å². The van der Waals surface area contributed by atoms with E-state index in [2.05, 4.69) is 10.1 Å². The van der Waals surface area contributed by atoms with E-state index in [0.717, 1.165) is 12.0 Å². The lowest BCUT2D eigenvalue weighted by atomic mass is 10.1. The molecule has 100 valence electrons. The third kappa shape index (κ3) is 2.99. The van der Waals surface area contributed by atoms with Gasteiger partial charge in [0, 0.05) is 26.0 Å². The summed E-state index contributed by atoms with van der Waals surface area (Å²) >= 11 is 0. The Labute approximate surface area is 112 Å². The number of hydrogen-bond donors (Lipinski definition) is 0. The zero-order valence-corrected chi connectivity index (χ0v) is 11.4. The van der Waals surface area contributed by atoms with Gasteiger partial charge < -0.3 is 9.42 Å². The van der Waals surface area contributed by atoms with Gasteiger partial charge in [-0.15, -0.1) is 0 Å². The van der Waals surface area contributed by atoms with E-state index in [4.69, 9.17) is 4.52 Å². The lowest BCUT2D eigenvalue weighted by molar-refractivity contribution is 0.0794. The summed E-state index contributed by atoms with van der Waals surface area (Å²) in [5.74, 6) is 0.517. The second-order valence-corrected chi connectivity index (χ2v) is 4.53. The Balaban J connectivity index is 2.01. The highest BCUT2D eigenvalue weighted by atomic mass is 16.5. The van der Waals surface area contributed by atoms with Gasteiger partial charge in [-0.1, -0.05) is 5.16 Å². The summed E-state index contributed by atoms with van der Waals surface area (Å²) in [4.78, 5) is 17.9. The van der Waals surface area contributed by atoms with Crippen molar-refractivity contribution in [3.63, 3.8) is 0 Å². The molecule has 5 nitrogen and oxygen atoms in total. The molecule has 0 bridgehead atoms. The molecular formula is C14H17N3O2. The number of rotatable bonds is 4. The molecule has 0 saturated carbocycles. The molecule has 1 amide bonds. The summed E-state index contributed by atoms with van der Waals surface area (Å²) in [6.07, 6.45) is 4.31. The van der Waals surface area contributed by atoms with Crippen molar-refractivity contribution in [2.24, 2.45) is 0 Å². The first kappa shape index (κ1) is 13.3. The molecule has 19 heavy (non-hydrogen) atoms. The number of hydrogen-bond acceptors (Lipinski definition) is 4. The van der Waals surface area contributed by atoms with Crippen LogP contribution in [-0.4, -0.2) is 34.5 Å². The number of carbonyl (C=O) groups excluding carboxylic acids is 1. The molecule has 0 fully saturated rings. The van der Waals surface area contributed by atoms with Crippen LogP contribution < -0.4 is 0 Å². The van der Waals surface area contributed by atoms with Gasteiger partial charge in [-0.25, -0.2) is 0 Å². The smallest absolute Gasteiger partial charge is 0.259 e. The van der Waals surface area contributed by atoms with Crippen LogP contribution in [-0.2, 0) is 6.42 Å². The van der Waals surface area contributed by atoms with Crippen LogP contribution in [0.3, 0.4) is 0 Å².